The summed E-state index contributed by atoms with van der Waals surface area (Å²) < 4.78 is 5.46. The zero-order valence-electron chi connectivity index (χ0n) is 11.3. The third-order valence-electron chi connectivity index (χ3n) is 3.43. The minimum Gasteiger partial charge on any atom is -0.440 e. The lowest BCUT2D eigenvalue weighted by Gasteiger charge is -2.33. The molecule has 0 saturated heterocycles. The Labute approximate surface area is 108 Å². The average molecular weight is 250 g/mol. The molecule has 0 aliphatic heterocycles. The Morgan fingerprint density at radius 1 is 1.33 bits per heavy atom. The normalized spacial score (nSPS) is 15.8. The van der Waals surface area contributed by atoms with Gasteiger partial charge in [0, 0.05) is 11.6 Å². The van der Waals surface area contributed by atoms with E-state index in [1.807, 2.05) is 20.8 Å². The first-order valence-corrected chi connectivity index (χ1v) is 6.30. The molecule has 4 heteroatoms. The summed E-state index contributed by atoms with van der Waals surface area (Å²) in [5.74, 6) is -0.292. The zero-order valence-corrected chi connectivity index (χ0v) is 11.3. The van der Waals surface area contributed by atoms with E-state index >= 15 is 0 Å². The maximum atomic E-state index is 12.0. The van der Waals surface area contributed by atoms with Crippen LogP contribution in [-0.2, 0) is 4.74 Å². The molecule has 0 bridgehead atoms. The fraction of sp³-hybridized carbons (Fsp3) is 0.500. The first-order chi connectivity index (χ1) is 8.42. The van der Waals surface area contributed by atoms with Gasteiger partial charge in [0.2, 0.25) is 0 Å². The first kappa shape index (κ1) is 14.5. The topological polar surface area (TPSA) is 78.3 Å². The number of carbonyl (C=O) groups is 1. The van der Waals surface area contributed by atoms with Crippen molar-refractivity contribution in [2.45, 2.75) is 39.3 Å². The van der Waals surface area contributed by atoms with Gasteiger partial charge in [0.05, 0.1) is 5.56 Å². The van der Waals surface area contributed by atoms with Gasteiger partial charge in [0.15, 0.2) is 5.72 Å². The number of carbonyl (C=O) groups excluding carboxylic acids is 1. The number of hydrogen-bond acceptors (Lipinski definition) is 4. The summed E-state index contributed by atoms with van der Waals surface area (Å²) in [6.07, 6.45) is 1.45. The summed E-state index contributed by atoms with van der Waals surface area (Å²) in [5, 5.41) is 0. The van der Waals surface area contributed by atoms with Gasteiger partial charge in [-0.2, -0.15) is 0 Å². The van der Waals surface area contributed by atoms with Gasteiger partial charge >= 0.3 is 5.97 Å². The van der Waals surface area contributed by atoms with Crippen molar-refractivity contribution in [2.75, 3.05) is 5.73 Å². The molecule has 0 spiro atoms. The van der Waals surface area contributed by atoms with E-state index in [0.29, 0.717) is 17.7 Å². The number of benzene rings is 1. The molecule has 1 aromatic rings. The molecule has 1 aromatic carbocycles. The molecule has 0 aliphatic rings. The summed E-state index contributed by atoms with van der Waals surface area (Å²) >= 11 is 0. The molecule has 4 nitrogen and oxygen atoms in total. The van der Waals surface area contributed by atoms with E-state index in [1.165, 1.54) is 0 Å². The molecule has 0 fully saturated rings. The maximum absolute atomic E-state index is 12.0. The Bertz CT molecular complexity index is 403. The molecule has 0 heterocycles. The number of nitrogens with two attached hydrogens (primary N) is 2. The van der Waals surface area contributed by atoms with Crippen LogP contribution in [0.3, 0.4) is 0 Å². The van der Waals surface area contributed by atoms with Gasteiger partial charge in [-0.3, -0.25) is 5.73 Å². The van der Waals surface area contributed by atoms with Crippen molar-refractivity contribution in [3.05, 3.63) is 29.8 Å². The molecule has 2 atom stereocenters. The first-order valence-electron chi connectivity index (χ1n) is 6.30. The van der Waals surface area contributed by atoms with Gasteiger partial charge < -0.3 is 10.5 Å². The number of ether oxygens (including phenoxy) is 1. The van der Waals surface area contributed by atoms with Crippen LogP contribution in [0.4, 0.5) is 5.69 Å². The van der Waals surface area contributed by atoms with E-state index in [2.05, 4.69) is 0 Å². The van der Waals surface area contributed by atoms with Gasteiger partial charge in [-0.05, 0) is 37.1 Å². The number of anilines is 1. The molecule has 2 unspecified atom stereocenters. The highest BCUT2D eigenvalue weighted by molar-refractivity contribution is 5.90. The predicted octanol–water partition coefficient (Wildman–Crippen LogP) is 2.54. The van der Waals surface area contributed by atoms with Gasteiger partial charge in [-0.1, -0.05) is 20.8 Å². The van der Waals surface area contributed by atoms with Crippen molar-refractivity contribution in [1.29, 1.82) is 0 Å². The molecule has 1 rings (SSSR count). The van der Waals surface area contributed by atoms with Crippen LogP contribution in [0.2, 0.25) is 0 Å². The maximum Gasteiger partial charge on any atom is 0.339 e. The molecule has 0 aliphatic carbocycles. The van der Waals surface area contributed by atoms with Crippen molar-refractivity contribution in [1.82, 2.24) is 0 Å². The third kappa shape index (κ3) is 3.23. The molecule has 100 valence electrons. The number of nitrogen functional groups attached to an aromatic ring is 1. The minimum absolute atomic E-state index is 0.111. The smallest absolute Gasteiger partial charge is 0.339 e. The van der Waals surface area contributed by atoms with Gasteiger partial charge in [-0.15, -0.1) is 0 Å². The van der Waals surface area contributed by atoms with Gasteiger partial charge in [0.25, 0.3) is 0 Å². The number of hydrogen-bond donors (Lipinski definition) is 2. The van der Waals surface area contributed by atoms with Crippen molar-refractivity contribution < 1.29 is 9.53 Å². The van der Waals surface area contributed by atoms with E-state index in [0.717, 1.165) is 6.42 Å². The van der Waals surface area contributed by atoms with Crippen LogP contribution < -0.4 is 11.5 Å². The zero-order chi connectivity index (χ0) is 13.8. The predicted molar refractivity (Wildman–Crippen MR) is 72.9 cm³/mol. The van der Waals surface area contributed by atoms with Crippen molar-refractivity contribution in [2.24, 2.45) is 11.7 Å². The largest absolute Gasteiger partial charge is 0.440 e. The van der Waals surface area contributed by atoms with Crippen molar-refractivity contribution >= 4 is 11.7 Å². The van der Waals surface area contributed by atoms with Crippen LogP contribution in [0, 0.1) is 5.92 Å². The van der Waals surface area contributed by atoms with Crippen LogP contribution in [0.1, 0.15) is 44.0 Å². The Morgan fingerprint density at radius 3 is 2.33 bits per heavy atom. The van der Waals surface area contributed by atoms with Crippen LogP contribution in [0.25, 0.3) is 0 Å². The van der Waals surface area contributed by atoms with Crippen LogP contribution >= 0.6 is 0 Å². The molecule has 0 aromatic heterocycles. The monoisotopic (exact) mass is 250 g/mol. The lowest BCUT2D eigenvalue weighted by Crippen LogP contribution is -2.49. The molecule has 4 N–H and O–H groups in total. The fourth-order valence-electron chi connectivity index (χ4n) is 1.72. The van der Waals surface area contributed by atoms with Crippen LogP contribution in [0.15, 0.2) is 24.3 Å². The molecule has 0 radical (unpaired) electrons. The quantitative estimate of drug-likeness (QED) is 0.478. The Kier molecular flexibility index (Phi) is 4.73. The number of rotatable bonds is 5. The third-order valence-corrected chi connectivity index (χ3v) is 3.43. The van der Waals surface area contributed by atoms with E-state index in [-0.39, 0.29) is 5.92 Å². The second-order valence-electron chi connectivity index (χ2n) is 4.63. The summed E-state index contributed by atoms with van der Waals surface area (Å²) in [5.41, 5.74) is 11.9. The number of esters is 1. The van der Waals surface area contributed by atoms with Crippen molar-refractivity contribution in [3.8, 4) is 0 Å². The highest BCUT2D eigenvalue weighted by Gasteiger charge is 2.33. The molecule has 0 saturated carbocycles. The standard InChI is InChI=1S/C14H22N2O2/c1-4-10(3)14(16,5-2)18-13(17)11-6-8-12(15)9-7-11/h6-10H,4-5,15-16H2,1-3H3. The van der Waals surface area contributed by atoms with E-state index in [4.69, 9.17) is 16.2 Å². The summed E-state index contributed by atoms with van der Waals surface area (Å²) in [7, 11) is 0. The van der Waals surface area contributed by atoms with Crippen molar-refractivity contribution in [3.63, 3.8) is 0 Å². The second-order valence-corrected chi connectivity index (χ2v) is 4.63. The highest BCUT2D eigenvalue weighted by atomic mass is 16.6. The van der Waals surface area contributed by atoms with Crippen LogP contribution in [-0.4, -0.2) is 11.7 Å². The van der Waals surface area contributed by atoms with Gasteiger partial charge in [-0.25, -0.2) is 4.79 Å². The van der Waals surface area contributed by atoms with E-state index < -0.39 is 11.7 Å². The minimum atomic E-state index is -0.910. The van der Waals surface area contributed by atoms with E-state index in [9.17, 15) is 4.79 Å². The fourth-order valence-corrected chi connectivity index (χ4v) is 1.72. The Morgan fingerprint density at radius 2 is 1.89 bits per heavy atom. The van der Waals surface area contributed by atoms with Crippen LogP contribution in [0.5, 0.6) is 0 Å². The molecular weight excluding hydrogens is 228 g/mol. The summed E-state index contributed by atoms with van der Waals surface area (Å²) in [4.78, 5) is 12.0. The molecule has 0 amide bonds. The SMILES string of the molecule is CCC(C)C(N)(CC)OC(=O)c1ccc(N)cc1. The summed E-state index contributed by atoms with van der Waals surface area (Å²) in [6.45, 7) is 5.93. The Balaban J connectivity index is 2.82. The molecule has 18 heavy (non-hydrogen) atoms. The molecular formula is C14H22N2O2. The average Bonchev–Trinajstić information content (AvgIpc) is 2.38. The highest BCUT2D eigenvalue weighted by Crippen LogP contribution is 2.24. The van der Waals surface area contributed by atoms with E-state index in [1.54, 1.807) is 24.3 Å². The van der Waals surface area contributed by atoms with Gasteiger partial charge in [0.1, 0.15) is 0 Å². The Hall–Kier alpha value is -1.55. The lowest BCUT2D eigenvalue weighted by atomic mass is 9.93. The lowest BCUT2D eigenvalue weighted by molar-refractivity contribution is -0.0474. The summed E-state index contributed by atoms with van der Waals surface area (Å²) in [6, 6.07) is 6.63. The second kappa shape index (κ2) is 5.87.